The first-order chi connectivity index (χ1) is 16.3. The molecule has 0 radical (unpaired) electrons. The lowest BCUT2D eigenvalue weighted by Crippen LogP contribution is -2.35. The minimum Gasteiger partial charge on any atom is -0.465 e. The standard InChI is InChI=1S/C24H24N6O4/c1-14-4-3-5-17(28-14)34-16-8-6-15(7-9-16)18-19-21(25)26-13-27-22(19)29(2)20(18)24(33)10-11-30(12-24)23(31)32/h3-9,13,33H,10-12H2,1-2H3,(H,31,32)(H2,25,26,27). The van der Waals surface area contributed by atoms with Crippen LogP contribution in [0.2, 0.25) is 0 Å². The Labute approximate surface area is 195 Å². The van der Waals surface area contributed by atoms with Crippen molar-refractivity contribution in [3.05, 3.63) is 60.2 Å². The number of fused-ring (bicyclic) bond motifs is 1. The van der Waals surface area contributed by atoms with Crippen molar-refractivity contribution in [1.82, 2.24) is 24.4 Å². The first-order valence-electron chi connectivity index (χ1n) is 10.8. The van der Waals surface area contributed by atoms with Crippen LogP contribution in [0.3, 0.4) is 0 Å². The Hall–Kier alpha value is -4.18. The molecule has 0 bridgehead atoms. The normalized spacial score (nSPS) is 17.9. The maximum Gasteiger partial charge on any atom is 0.407 e. The van der Waals surface area contributed by atoms with E-state index in [1.807, 2.05) is 43.3 Å². The summed E-state index contributed by atoms with van der Waals surface area (Å²) in [5, 5.41) is 21.7. The van der Waals surface area contributed by atoms with Crippen LogP contribution in [0.25, 0.3) is 22.2 Å². The average Bonchev–Trinajstić information content (AvgIpc) is 3.35. The van der Waals surface area contributed by atoms with Gasteiger partial charge in [0.15, 0.2) is 0 Å². The molecule has 1 saturated heterocycles. The highest BCUT2D eigenvalue weighted by molar-refractivity contribution is 6.02. The molecule has 10 heteroatoms. The zero-order chi connectivity index (χ0) is 24.0. The van der Waals surface area contributed by atoms with Gasteiger partial charge in [-0.05, 0) is 30.7 Å². The van der Waals surface area contributed by atoms with Gasteiger partial charge < -0.3 is 30.2 Å². The molecule has 10 nitrogen and oxygen atoms in total. The number of carboxylic acid groups (broad SMARTS) is 1. The van der Waals surface area contributed by atoms with Crippen molar-refractivity contribution in [3.63, 3.8) is 0 Å². The molecule has 1 amide bonds. The van der Waals surface area contributed by atoms with Crippen molar-refractivity contribution < 1.29 is 19.7 Å². The molecule has 4 N–H and O–H groups in total. The topological polar surface area (TPSA) is 140 Å². The van der Waals surface area contributed by atoms with Crippen LogP contribution in [0.1, 0.15) is 17.8 Å². The van der Waals surface area contributed by atoms with Gasteiger partial charge in [-0.25, -0.2) is 19.7 Å². The average molecular weight is 460 g/mol. The predicted octanol–water partition coefficient (Wildman–Crippen LogP) is 3.28. The van der Waals surface area contributed by atoms with Crippen molar-refractivity contribution in [2.75, 3.05) is 18.8 Å². The zero-order valence-corrected chi connectivity index (χ0v) is 18.8. The molecule has 4 heterocycles. The Balaban J connectivity index is 1.62. The molecule has 0 saturated carbocycles. The highest BCUT2D eigenvalue weighted by atomic mass is 16.5. The van der Waals surface area contributed by atoms with E-state index < -0.39 is 11.7 Å². The Morgan fingerprint density at radius 2 is 1.94 bits per heavy atom. The fourth-order valence-electron chi connectivity index (χ4n) is 4.64. The van der Waals surface area contributed by atoms with Gasteiger partial charge in [0.05, 0.1) is 17.6 Å². The maximum absolute atomic E-state index is 11.6. The Morgan fingerprint density at radius 3 is 2.62 bits per heavy atom. The third-order valence-electron chi connectivity index (χ3n) is 6.18. The molecule has 3 aromatic heterocycles. The number of aryl methyl sites for hydroxylation is 2. The van der Waals surface area contributed by atoms with E-state index in [9.17, 15) is 15.0 Å². The summed E-state index contributed by atoms with van der Waals surface area (Å²) in [6.45, 7) is 2.07. The number of hydrogen-bond acceptors (Lipinski definition) is 7. The van der Waals surface area contributed by atoms with Gasteiger partial charge in [0.25, 0.3) is 0 Å². The number of benzene rings is 1. The first kappa shape index (κ1) is 21.7. The van der Waals surface area contributed by atoms with Gasteiger partial charge in [-0.1, -0.05) is 18.2 Å². The molecular formula is C24H24N6O4. The van der Waals surface area contributed by atoms with Crippen LogP contribution < -0.4 is 10.5 Å². The largest absolute Gasteiger partial charge is 0.465 e. The summed E-state index contributed by atoms with van der Waals surface area (Å²) >= 11 is 0. The number of aliphatic hydroxyl groups is 1. The summed E-state index contributed by atoms with van der Waals surface area (Å²) in [5.41, 5.74) is 8.25. The van der Waals surface area contributed by atoms with Crippen molar-refractivity contribution >= 4 is 22.9 Å². The number of likely N-dealkylation sites (tertiary alicyclic amines) is 1. The third kappa shape index (κ3) is 3.57. The van der Waals surface area contributed by atoms with Crippen molar-refractivity contribution in [3.8, 4) is 22.8 Å². The van der Waals surface area contributed by atoms with Crippen LogP contribution >= 0.6 is 0 Å². The lowest BCUT2D eigenvalue weighted by Gasteiger charge is -2.25. The quantitative estimate of drug-likeness (QED) is 0.422. The Bertz CT molecular complexity index is 1400. The highest BCUT2D eigenvalue weighted by Crippen LogP contribution is 2.44. The van der Waals surface area contributed by atoms with E-state index in [0.717, 1.165) is 11.3 Å². The molecule has 1 aliphatic heterocycles. The summed E-state index contributed by atoms with van der Waals surface area (Å²) in [6.07, 6.45) is 0.560. The van der Waals surface area contributed by atoms with E-state index in [2.05, 4.69) is 15.0 Å². The van der Waals surface area contributed by atoms with Gasteiger partial charge in [0.1, 0.15) is 29.1 Å². The number of nitrogens with two attached hydrogens (primary N) is 1. The SMILES string of the molecule is Cc1cccc(Oc2ccc(-c3c(C4(O)CCN(C(=O)O)C4)n(C)c4ncnc(N)c34)cc2)n1. The van der Waals surface area contributed by atoms with Crippen LogP contribution in [0.15, 0.2) is 48.8 Å². The van der Waals surface area contributed by atoms with Crippen molar-refractivity contribution in [2.45, 2.75) is 18.9 Å². The molecule has 1 fully saturated rings. The van der Waals surface area contributed by atoms with E-state index in [0.29, 0.717) is 33.9 Å². The molecule has 174 valence electrons. The summed E-state index contributed by atoms with van der Waals surface area (Å²) in [7, 11) is 1.79. The van der Waals surface area contributed by atoms with Crippen LogP contribution in [0.4, 0.5) is 10.6 Å². The van der Waals surface area contributed by atoms with E-state index >= 15 is 0 Å². The van der Waals surface area contributed by atoms with Gasteiger partial charge in [-0.15, -0.1) is 0 Å². The second kappa shape index (κ2) is 7.99. The second-order valence-corrected chi connectivity index (χ2v) is 8.47. The first-order valence-corrected chi connectivity index (χ1v) is 10.8. The van der Waals surface area contributed by atoms with Gasteiger partial charge >= 0.3 is 6.09 Å². The maximum atomic E-state index is 11.6. The fourth-order valence-corrected chi connectivity index (χ4v) is 4.64. The summed E-state index contributed by atoms with van der Waals surface area (Å²) in [6, 6.07) is 12.9. The summed E-state index contributed by atoms with van der Waals surface area (Å²) in [5.74, 6) is 1.37. The molecule has 0 aliphatic carbocycles. The number of pyridine rings is 1. The van der Waals surface area contributed by atoms with E-state index in [4.69, 9.17) is 10.5 Å². The number of carbonyl (C=O) groups is 1. The van der Waals surface area contributed by atoms with Crippen molar-refractivity contribution in [2.24, 2.45) is 7.05 Å². The Morgan fingerprint density at radius 1 is 1.18 bits per heavy atom. The monoisotopic (exact) mass is 460 g/mol. The van der Waals surface area contributed by atoms with Crippen LogP contribution in [-0.4, -0.2) is 53.8 Å². The number of nitrogens with zero attached hydrogens (tertiary/aromatic N) is 5. The number of amides is 1. The van der Waals surface area contributed by atoms with Gasteiger partial charge in [-0.2, -0.15) is 0 Å². The van der Waals surface area contributed by atoms with Gasteiger partial charge in [0.2, 0.25) is 5.88 Å². The number of β-amino-alcohol motifs (C(OH)–C–C–N with tert-alkyl or cyclic N) is 1. The number of aromatic nitrogens is 4. The summed E-state index contributed by atoms with van der Waals surface area (Å²) in [4.78, 5) is 25.7. The number of hydrogen-bond donors (Lipinski definition) is 3. The predicted molar refractivity (Wildman–Crippen MR) is 126 cm³/mol. The molecule has 1 atom stereocenters. The highest BCUT2D eigenvalue weighted by Gasteiger charge is 2.44. The van der Waals surface area contributed by atoms with E-state index in [1.165, 1.54) is 11.2 Å². The van der Waals surface area contributed by atoms with Gasteiger partial charge in [0, 0.05) is 37.3 Å². The molecule has 34 heavy (non-hydrogen) atoms. The number of ether oxygens (including phenoxy) is 1. The van der Waals surface area contributed by atoms with Gasteiger partial charge in [-0.3, -0.25) is 0 Å². The minimum absolute atomic E-state index is 0.0486. The molecule has 4 aromatic rings. The zero-order valence-electron chi connectivity index (χ0n) is 18.8. The third-order valence-corrected chi connectivity index (χ3v) is 6.18. The molecule has 1 unspecified atom stereocenters. The van der Waals surface area contributed by atoms with Crippen LogP contribution in [0, 0.1) is 6.92 Å². The molecule has 5 rings (SSSR count). The molecule has 1 aliphatic rings. The van der Waals surface area contributed by atoms with Crippen molar-refractivity contribution in [1.29, 1.82) is 0 Å². The van der Waals surface area contributed by atoms with Crippen LogP contribution in [-0.2, 0) is 12.6 Å². The molecular weight excluding hydrogens is 436 g/mol. The smallest absolute Gasteiger partial charge is 0.407 e. The summed E-state index contributed by atoms with van der Waals surface area (Å²) < 4.78 is 7.64. The second-order valence-electron chi connectivity index (χ2n) is 8.47. The lowest BCUT2D eigenvalue weighted by atomic mass is 9.91. The number of rotatable bonds is 4. The molecule has 1 aromatic carbocycles. The number of nitrogen functional groups attached to an aromatic ring is 1. The Kier molecular flexibility index (Phi) is 5.09. The molecule has 0 spiro atoms. The number of anilines is 1. The minimum atomic E-state index is -1.41. The van der Waals surface area contributed by atoms with E-state index in [-0.39, 0.29) is 25.3 Å². The van der Waals surface area contributed by atoms with Crippen LogP contribution in [0.5, 0.6) is 11.6 Å². The fraction of sp³-hybridized carbons (Fsp3) is 0.250. The lowest BCUT2D eigenvalue weighted by molar-refractivity contribution is 0.0400. The van der Waals surface area contributed by atoms with E-state index in [1.54, 1.807) is 17.7 Å².